The van der Waals surface area contributed by atoms with Gasteiger partial charge >= 0.3 is 5.97 Å². The van der Waals surface area contributed by atoms with Gasteiger partial charge in [-0.3, -0.25) is 19.7 Å². The number of carbonyl (C=O) groups is 2. The van der Waals surface area contributed by atoms with Crippen molar-refractivity contribution < 1.29 is 24.0 Å². The minimum atomic E-state index is -1.08. The van der Waals surface area contributed by atoms with Crippen LogP contribution in [-0.4, -0.2) is 29.5 Å². The number of hydrogen-bond donors (Lipinski definition) is 1. The van der Waals surface area contributed by atoms with Crippen LogP contribution in [0.15, 0.2) is 48.5 Å². The molecule has 2 aromatic rings. The van der Waals surface area contributed by atoms with E-state index in [1.807, 2.05) is 31.2 Å². The first-order valence-corrected chi connectivity index (χ1v) is 8.80. The lowest BCUT2D eigenvalue weighted by atomic mass is 10.2. The molecule has 0 spiro atoms. The van der Waals surface area contributed by atoms with E-state index in [1.165, 1.54) is 25.1 Å². The molecule has 8 heteroatoms. The van der Waals surface area contributed by atoms with Gasteiger partial charge in [-0.05, 0) is 38.5 Å². The Morgan fingerprint density at radius 1 is 1.14 bits per heavy atom. The summed E-state index contributed by atoms with van der Waals surface area (Å²) in [6.07, 6.45) is -0.550. The van der Waals surface area contributed by atoms with Crippen LogP contribution < -0.4 is 10.1 Å². The first-order valence-electron chi connectivity index (χ1n) is 8.80. The summed E-state index contributed by atoms with van der Waals surface area (Å²) in [6.45, 7) is 3.73. The Balaban J connectivity index is 1.74. The Labute approximate surface area is 162 Å². The van der Waals surface area contributed by atoms with Crippen LogP contribution in [0.1, 0.15) is 25.3 Å². The maximum atomic E-state index is 12.1. The molecular weight excluding hydrogens is 364 g/mol. The summed E-state index contributed by atoms with van der Waals surface area (Å²) in [4.78, 5) is 34.4. The van der Waals surface area contributed by atoms with Crippen LogP contribution in [-0.2, 0) is 14.3 Å². The highest BCUT2D eigenvalue weighted by atomic mass is 16.6. The molecule has 28 heavy (non-hydrogen) atoms. The summed E-state index contributed by atoms with van der Waals surface area (Å²) < 4.78 is 10.6. The standard InChI is InChI=1S/C20H22N2O6/c1-14-9-11-16(12-10-14)27-13-5-8-19(23)28-15(2)20(24)21-17-6-3-4-7-18(17)22(25)26/h3-4,6-7,9-12,15H,5,8,13H2,1-2H3,(H,21,24)/t15-/m1/s1. The summed E-state index contributed by atoms with van der Waals surface area (Å²) in [5, 5.41) is 13.4. The molecule has 0 bridgehead atoms. The van der Waals surface area contributed by atoms with Crippen LogP contribution in [0.3, 0.4) is 0 Å². The lowest BCUT2D eigenvalue weighted by Gasteiger charge is -2.13. The number of rotatable bonds is 9. The van der Waals surface area contributed by atoms with Crippen molar-refractivity contribution in [3.05, 3.63) is 64.2 Å². The SMILES string of the molecule is Cc1ccc(OCCCC(=O)O[C@H](C)C(=O)Nc2ccccc2[N+](=O)[O-])cc1. The van der Waals surface area contributed by atoms with Crippen molar-refractivity contribution in [2.45, 2.75) is 32.8 Å². The number of nitrogens with one attached hydrogen (secondary N) is 1. The third-order valence-electron chi connectivity index (χ3n) is 3.85. The number of carbonyl (C=O) groups excluding carboxylic acids is 2. The predicted octanol–water partition coefficient (Wildman–Crippen LogP) is 3.63. The van der Waals surface area contributed by atoms with E-state index >= 15 is 0 Å². The van der Waals surface area contributed by atoms with Crippen LogP contribution >= 0.6 is 0 Å². The lowest BCUT2D eigenvalue weighted by Crippen LogP contribution is -2.30. The molecule has 0 aliphatic carbocycles. The van der Waals surface area contributed by atoms with Crippen molar-refractivity contribution in [1.82, 2.24) is 0 Å². The van der Waals surface area contributed by atoms with Gasteiger partial charge in [-0.1, -0.05) is 29.8 Å². The molecule has 2 aromatic carbocycles. The highest BCUT2D eigenvalue weighted by Gasteiger charge is 2.21. The van der Waals surface area contributed by atoms with E-state index in [1.54, 1.807) is 6.07 Å². The zero-order chi connectivity index (χ0) is 20.5. The van der Waals surface area contributed by atoms with Crippen LogP contribution in [0.2, 0.25) is 0 Å². The molecule has 8 nitrogen and oxygen atoms in total. The number of benzene rings is 2. The summed E-state index contributed by atoms with van der Waals surface area (Å²) in [7, 11) is 0. The molecule has 1 atom stereocenters. The first-order chi connectivity index (χ1) is 13.4. The Bertz CT molecular complexity index is 835. The fourth-order valence-corrected chi connectivity index (χ4v) is 2.32. The normalized spacial score (nSPS) is 11.4. The van der Waals surface area contributed by atoms with E-state index in [0.717, 1.165) is 11.3 Å². The van der Waals surface area contributed by atoms with Crippen LogP contribution in [0.4, 0.5) is 11.4 Å². The Morgan fingerprint density at radius 2 is 1.82 bits per heavy atom. The Hall–Kier alpha value is -3.42. The molecule has 148 valence electrons. The number of nitrogens with zero attached hydrogens (tertiary/aromatic N) is 1. The fraction of sp³-hybridized carbons (Fsp3) is 0.300. The number of anilines is 1. The second-order valence-electron chi connectivity index (χ2n) is 6.16. The van der Waals surface area contributed by atoms with E-state index in [9.17, 15) is 19.7 Å². The highest BCUT2D eigenvalue weighted by Crippen LogP contribution is 2.23. The zero-order valence-corrected chi connectivity index (χ0v) is 15.7. The molecular formula is C20H22N2O6. The van der Waals surface area contributed by atoms with E-state index in [2.05, 4.69) is 5.32 Å². The minimum Gasteiger partial charge on any atom is -0.494 e. The molecule has 1 N–H and O–H groups in total. The van der Waals surface area contributed by atoms with E-state index in [4.69, 9.17) is 9.47 Å². The maximum Gasteiger partial charge on any atom is 0.306 e. The molecule has 1 amide bonds. The highest BCUT2D eigenvalue weighted by molar-refractivity contribution is 5.96. The molecule has 0 aliphatic rings. The molecule has 0 unspecified atom stereocenters. The fourth-order valence-electron chi connectivity index (χ4n) is 2.32. The lowest BCUT2D eigenvalue weighted by molar-refractivity contribution is -0.383. The van der Waals surface area contributed by atoms with Gasteiger partial charge in [0.05, 0.1) is 11.5 Å². The summed E-state index contributed by atoms with van der Waals surface area (Å²) >= 11 is 0. The van der Waals surface area contributed by atoms with Crippen molar-refractivity contribution >= 4 is 23.3 Å². The van der Waals surface area contributed by atoms with E-state index in [0.29, 0.717) is 13.0 Å². The Morgan fingerprint density at radius 3 is 2.50 bits per heavy atom. The molecule has 0 fully saturated rings. The van der Waals surface area contributed by atoms with Crippen LogP contribution in [0.25, 0.3) is 0 Å². The molecule has 0 heterocycles. The summed E-state index contributed by atoms with van der Waals surface area (Å²) in [6, 6.07) is 13.3. The predicted molar refractivity (Wildman–Crippen MR) is 103 cm³/mol. The van der Waals surface area contributed by atoms with Gasteiger partial charge in [0.2, 0.25) is 0 Å². The van der Waals surface area contributed by atoms with Crippen molar-refractivity contribution in [2.75, 3.05) is 11.9 Å². The third kappa shape index (κ3) is 6.39. The molecule has 0 aromatic heterocycles. The topological polar surface area (TPSA) is 108 Å². The minimum absolute atomic E-state index is 0.0481. The van der Waals surface area contributed by atoms with Crippen LogP contribution in [0, 0.1) is 17.0 Å². The van der Waals surface area contributed by atoms with Gasteiger partial charge in [-0.15, -0.1) is 0 Å². The van der Waals surface area contributed by atoms with Gasteiger partial charge < -0.3 is 14.8 Å². The average Bonchev–Trinajstić information content (AvgIpc) is 2.66. The monoisotopic (exact) mass is 386 g/mol. The molecule has 2 rings (SSSR count). The Kier molecular flexibility index (Phi) is 7.50. The number of aryl methyl sites for hydroxylation is 1. The van der Waals surface area contributed by atoms with Gasteiger partial charge in [-0.2, -0.15) is 0 Å². The average molecular weight is 386 g/mol. The number of nitro benzene ring substituents is 1. The molecule has 0 radical (unpaired) electrons. The van der Waals surface area contributed by atoms with Gasteiger partial charge in [0.15, 0.2) is 6.10 Å². The molecule has 0 saturated carbocycles. The first kappa shape index (κ1) is 20.9. The smallest absolute Gasteiger partial charge is 0.306 e. The third-order valence-corrected chi connectivity index (χ3v) is 3.85. The van der Waals surface area contributed by atoms with Gasteiger partial charge in [0.25, 0.3) is 11.6 Å². The van der Waals surface area contributed by atoms with Crippen LogP contribution in [0.5, 0.6) is 5.75 Å². The van der Waals surface area contributed by atoms with Gasteiger partial charge in [0.1, 0.15) is 11.4 Å². The van der Waals surface area contributed by atoms with E-state index < -0.39 is 22.9 Å². The molecule has 0 saturated heterocycles. The number of nitro groups is 1. The maximum absolute atomic E-state index is 12.1. The van der Waals surface area contributed by atoms with Crippen molar-refractivity contribution in [2.24, 2.45) is 0 Å². The zero-order valence-electron chi connectivity index (χ0n) is 15.7. The van der Waals surface area contributed by atoms with Crippen molar-refractivity contribution in [3.8, 4) is 5.75 Å². The number of ether oxygens (including phenoxy) is 2. The quantitative estimate of drug-likeness (QED) is 0.305. The van der Waals surface area contributed by atoms with Crippen molar-refractivity contribution in [3.63, 3.8) is 0 Å². The summed E-state index contributed by atoms with van der Waals surface area (Å²) in [5.74, 6) is -0.465. The second kappa shape index (κ2) is 10.1. The van der Waals surface area contributed by atoms with E-state index in [-0.39, 0.29) is 17.8 Å². The number of para-hydroxylation sites is 2. The molecule has 0 aliphatic heterocycles. The number of esters is 1. The van der Waals surface area contributed by atoms with Gasteiger partial charge in [-0.25, -0.2) is 0 Å². The van der Waals surface area contributed by atoms with Gasteiger partial charge in [0, 0.05) is 12.5 Å². The van der Waals surface area contributed by atoms with Crippen molar-refractivity contribution in [1.29, 1.82) is 0 Å². The summed E-state index contributed by atoms with van der Waals surface area (Å²) in [5.41, 5.74) is 0.943. The largest absolute Gasteiger partial charge is 0.494 e. The number of hydrogen-bond acceptors (Lipinski definition) is 6. The number of amides is 1. The second-order valence-corrected chi connectivity index (χ2v) is 6.16.